The van der Waals surface area contributed by atoms with Gasteiger partial charge in [-0.3, -0.25) is 10.1 Å². The zero-order chi connectivity index (χ0) is 16.1. The molecule has 22 heavy (non-hydrogen) atoms. The molecule has 7 nitrogen and oxygen atoms in total. The van der Waals surface area contributed by atoms with Crippen LogP contribution in [0.1, 0.15) is 5.56 Å². The Balaban J connectivity index is 2.35. The molecule has 0 fully saturated rings. The summed E-state index contributed by atoms with van der Waals surface area (Å²) in [6, 6.07) is 11.2. The number of hydrogen-bond acceptors (Lipinski definition) is 6. The predicted octanol–water partition coefficient (Wildman–Crippen LogP) is 3.23. The number of nitriles is 1. The van der Waals surface area contributed by atoms with Crippen molar-refractivity contribution in [2.24, 2.45) is 0 Å². The summed E-state index contributed by atoms with van der Waals surface area (Å²) in [6.07, 6.45) is 0. The molecule has 0 aromatic heterocycles. The van der Waals surface area contributed by atoms with Crippen molar-refractivity contribution in [2.45, 2.75) is 0 Å². The Labute approximate surface area is 126 Å². The van der Waals surface area contributed by atoms with Crippen LogP contribution in [0.25, 0.3) is 0 Å². The lowest BCUT2D eigenvalue weighted by Gasteiger charge is -2.12. The summed E-state index contributed by atoms with van der Waals surface area (Å²) in [5.41, 5.74) is 1.20. The first-order valence-electron chi connectivity index (χ1n) is 6.26. The first-order valence-corrected chi connectivity index (χ1v) is 6.26. The molecule has 0 radical (unpaired) electrons. The SMILES string of the molecule is COc1ccc(Nc2ccc([N+](=O)[O-])cc2C#N)cc1OC. The summed E-state index contributed by atoms with van der Waals surface area (Å²) in [7, 11) is 3.06. The highest BCUT2D eigenvalue weighted by Crippen LogP contribution is 2.32. The molecule has 0 aliphatic heterocycles. The van der Waals surface area contributed by atoms with E-state index in [1.165, 1.54) is 32.4 Å². The third-order valence-electron chi connectivity index (χ3n) is 3.00. The second-order valence-corrected chi connectivity index (χ2v) is 4.29. The monoisotopic (exact) mass is 299 g/mol. The second kappa shape index (κ2) is 6.45. The van der Waals surface area contributed by atoms with Crippen LogP contribution in [0.2, 0.25) is 0 Å². The van der Waals surface area contributed by atoms with Crippen molar-refractivity contribution in [1.29, 1.82) is 5.26 Å². The molecule has 112 valence electrons. The first-order chi connectivity index (χ1) is 10.6. The highest BCUT2D eigenvalue weighted by Gasteiger charge is 2.11. The van der Waals surface area contributed by atoms with Crippen molar-refractivity contribution in [1.82, 2.24) is 0 Å². The quantitative estimate of drug-likeness (QED) is 0.672. The number of rotatable bonds is 5. The third kappa shape index (κ3) is 3.07. The number of hydrogen-bond donors (Lipinski definition) is 1. The van der Waals surface area contributed by atoms with E-state index in [2.05, 4.69) is 5.32 Å². The predicted molar refractivity (Wildman–Crippen MR) is 80.6 cm³/mol. The van der Waals surface area contributed by atoms with Gasteiger partial charge in [0.15, 0.2) is 11.5 Å². The van der Waals surface area contributed by atoms with Gasteiger partial charge in [0.2, 0.25) is 0 Å². The van der Waals surface area contributed by atoms with Crippen molar-refractivity contribution in [2.75, 3.05) is 19.5 Å². The normalized spacial score (nSPS) is 9.68. The zero-order valence-corrected chi connectivity index (χ0v) is 12.0. The lowest BCUT2D eigenvalue weighted by atomic mass is 10.1. The Hall–Kier alpha value is -3.27. The molecule has 0 aliphatic rings. The van der Waals surface area contributed by atoms with E-state index in [4.69, 9.17) is 14.7 Å². The van der Waals surface area contributed by atoms with Gasteiger partial charge in [-0.2, -0.15) is 5.26 Å². The Bertz CT molecular complexity index is 753. The zero-order valence-electron chi connectivity index (χ0n) is 12.0. The van der Waals surface area contributed by atoms with Gasteiger partial charge < -0.3 is 14.8 Å². The number of nitrogens with zero attached hydrogens (tertiary/aromatic N) is 2. The number of non-ortho nitro benzene ring substituents is 1. The highest BCUT2D eigenvalue weighted by atomic mass is 16.6. The molecule has 0 aliphatic carbocycles. The molecule has 0 heterocycles. The van der Waals surface area contributed by atoms with E-state index in [-0.39, 0.29) is 11.3 Å². The fraction of sp³-hybridized carbons (Fsp3) is 0.133. The van der Waals surface area contributed by atoms with E-state index < -0.39 is 4.92 Å². The Morgan fingerprint density at radius 2 is 1.86 bits per heavy atom. The second-order valence-electron chi connectivity index (χ2n) is 4.29. The van der Waals surface area contributed by atoms with Crippen LogP contribution in [-0.4, -0.2) is 19.1 Å². The van der Waals surface area contributed by atoms with Crippen LogP contribution in [0.4, 0.5) is 17.1 Å². The van der Waals surface area contributed by atoms with Gasteiger partial charge in [0, 0.05) is 23.9 Å². The lowest BCUT2D eigenvalue weighted by molar-refractivity contribution is -0.384. The Morgan fingerprint density at radius 3 is 2.45 bits per heavy atom. The minimum atomic E-state index is -0.541. The molecule has 2 rings (SSSR count). The Morgan fingerprint density at radius 1 is 1.14 bits per heavy atom. The molecule has 2 aromatic carbocycles. The summed E-state index contributed by atoms with van der Waals surface area (Å²) in [4.78, 5) is 10.2. The molecule has 0 atom stereocenters. The maximum absolute atomic E-state index is 10.7. The molecular weight excluding hydrogens is 286 g/mol. The van der Waals surface area contributed by atoms with E-state index >= 15 is 0 Å². The summed E-state index contributed by atoms with van der Waals surface area (Å²) in [5.74, 6) is 1.12. The number of nitrogens with one attached hydrogen (secondary N) is 1. The number of ether oxygens (including phenoxy) is 2. The molecule has 0 saturated heterocycles. The van der Waals surface area contributed by atoms with Crippen molar-refractivity contribution in [3.05, 3.63) is 52.1 Å². The standard InChI is InChI=1S/C15H13N3O4/c1-21-14-6-3-11(8-15(14)22-2)17-13-5-4-12(18(19)20)7-10(13)9-16/h3-8,17H,1-2H3. The number of nitro benzene ring substituents is 1. The molecule has 0 amide bonds. The summed E-state index contributed by atoms with van der Waals surface area (Å²) in [5, 5.41) is 22.9. The van der Waals surface area contributed by atoms with Gasteiger partial charge in [0.05, 0.1) is 30.4 Å². The van der Waals surface area contributed by atoms with Gasteiger partial charge in [0.25, 0.3) is 5.69 Å². The molecule has 7 heteroatoms. The van der Waals surface area contributed by atoms with Crippen molar-refractivity contribution in [3.8, 4) is 17.6 Å². The summed E-state index contributed by atoms with van der Waals surface area (Å²) in [6.45, 7) is 0. The largest absolute Gasteiger partial charge is 0.493 e. The van der Waals surface area contributed by atoms with Gasteiger partial charge in [-0.1, -0.05) is 0 Å². The molecule has 0 spiro atoms. The average Bonchev–Trinajstić information content (AvgIpc) is 2.54. The van der Waals surface area contributed by atoms with Gasteiger partial charge >= 0.3 is 0 Å². The number of nitro groups is 1. The number of anilines is 2. The van der Waals surface area contributed by atoms with Gasteiger partial charge in [-0.25, -0.2) is 0 Å². The summed E-state index contributed by atoms with van der Waals surface area (Å²) >= 11 is 0. The maximum Gasteiger partial charge on any atom is 0.270 e. The van der Waals surface area contributed by atoms with Crippen LogP contribution in [0, 0.1) is 21.4 Å². The fourth-order valence-corrected chi connectivity index (χ4v) is 1.92. The van der Waals surface area contributed by atoms with Crippen LogP contribution >= 0.6 is 0 Å². The van der Waals surface area contributed by atoms with E-state index in [9.17, 15) is 10.1 Å². The number of benzene rings is 2. The molecular formula is C15H13N3O4. The van der Waals surface area contributed by atoms with Gasteiger partial charge in [-0.15, -0.1) is 0 Å². The van der Waals surface area contributed by atoms with Gasteiger partial charge in [0.1, 0.15) is 6.07 Å². The third-order valence-corrected chi connectivity index (χ3v) is 3.00. The highest BCUT2D eigenvalue weighted by molar-refractivity contribution is 5.70. The lowest BCUT2D eigenvalue weighted by Crippen LogP contribution is -1.97. The Kier molecular flexibility index (Phi) is 4.44. The van der Waals surface area contributed by atoms with Crippen LogP contribution < -0.4 is 14.8 Å². The molecule has 0 saturated carbocycles. The summed E-state index contributed by atoms with van der Waals surface area (Å²) < 4.78 is 10.4. The minimum absolute atomic E-state index is 0.130. The van der Waals surface area contributed by atoms with Crippen molar-refractivity contribution >= 4 is 17.1 Å². The van der Waals surface area contributed by atoms with E-state index in [0.29, 0.717) is 22.9 Å². The maximum atomic E-state index is 10.7. The minimum Gasteiger partial charge on any atom is -0.493 e. The van der Waals surface area contributed by atoms with Crippen LogP contribution in [0.15, 0.2) is 36.4 Å². The molecule has 0 unspecified atom stereocenters. The van der Waals surface area contributed by atoms with Crippen molar-refractivity contribution in [3.63, 3.8) is 0 Å². The van der Waals surface area contributed by atoms with Crippen molar-refractivity contribution < 1.29 is 14.4 Å². The van der Waals surface area contributed by atoms with Crippen LogP contribution in [0.5, 0.6) is 11.5 Å². The first kappa shape index (κ1) is 15.1. The van der Waals surface area contributed by atoms with Crippen LogP contribution in [-0.2, 0) is 0 Å². The van der Waals surface area contributed by atoms with Gasteiger partial charge in [-0.05, 0) is 18.2 Å². The van der Waals surface area contributed by atoms with E-state index in [1.54, 1.807) is 18.2 Å². The molecule has 2 aromatic rings. The molecule has 1 N–H and O–H groups in total. The van der Waals surface area contributed by atoms with E-state index in [0.717, 1.165) is 0 Å². The smallest absolute Gasteiger partial charge is 0.270 e. The topological polar surface area (TPSA) is 97.4 Å². The molecule has 0 bridgehead atoms. The van der Waals surface area contributed by atoms with Crippen LogP contribution in [0.3, 0.4) is 0 Å². The average molecular weight is 299 g/mol. The van der Waals surface area contributed by atoms with E-state index in [1.807, 2.05) is 6.07 Å². The number of methoxy groups -OCH3 is 2. The fourth-order valence-electron chi connectivity index (χ4n) is 1.92.